The Morgan fingerprint density at radius 3 is 2.55 bits per heavy atom. The fourth-order valence-corrected chi connectivity index (χ4v) is 4.04. The van der Waals surface area contributed by atoms with E-state index >= 15 is 0 Å². The van der Waals surface area contributed by atoms with Crippen molar-refractivity contribution in [3.05, 3.63) is 29.8 Å². The highest BCUT2D eigenvalue weighted by Gasteiger charge is 2.26. The van der Waals surface area contributed by atoms with Gasteiger partial charge in [-0.25, -0.2) is 8.42 Å². The standard InChI is InChI=1S/C15H23NO3S/c1-12(2)13-3-5-15(6-4-13)19-9-8-16-14-7-10-20(17,18)11-14/h3-6,12,14,16H,7-11H2,1-2H3. The predicted molar refractivity (Wildman–Crippen MR) is 81.1 cm³/mol. The molecule has 1 aliphatic heterocycles. The van der Waals surface area contributed by atoms with Crippen molar-refractivity contribution in [3.8, 4) is 5.75 Å². The number of hydrogen-bond acceptors (Lipinski definition) is 4. The molecule has 0 aromatic heterocycles. The fraction of sp³-hybridized carbons (Fsp3) is 0.600. The van der Waals surface area contributed by atoms with Crippen LogP contribution in [0.5, 0.6) is 5.75 Å². The van der Waals surface area contributed by atoms with Crippen LogP contribution in [0, 0.1) is 0 Å². The summed E-state index contributed by atoms with van der Waals surface area (Å²) in [6, 6.07) is 8.21. The lowest BCUT2D eigenvalue weighted by Crippen LogP contribution is -2.33. The van der Waals surface area contributed by atoms with Crippen LogP contribution >= 0.6 is 0 Å². The molecule has 4 nitrogen and oxygen atoms in total. The second-order valence-electron chi connectivity index (χ2n) is 5.63. The van der Waals surface area contributed by atoms with Gasteiger partial charge in [0.1, 0.15) is 12.4 Å². The highest BCUT2D eigenvalue weighted by molar-refractivity contribution is 7.91. The van der Waals surface area contributed by atoms with Gasteiger partial charge < -0.3 is 10.1 Å². The van der Waals surface area contributed by atoms with E-state index in [4.69, 9.17) is 4.74 Å². The Kier molecular flexibility index (Phi) is 5.05. The van der Waals surface area contributed by atoms with Crippen molar-refractivity contribution in [2.24, 2.45) is 0 Å². The van der Waals surface area contributed by atoms with Crippen LogP contribution < -0.4 is 10.1 Å². The first-order chi connectivity index (χ1) is 9.46. The summed E-state index contributed by atoms with van der Waals surface area (Å²) in [4.78, 5) is 0. The van der Waals surface area contributed by atoms with Crippen LogP contribution in [0.4, 0.5) is 0 Å². The number of nitrogens with one attached hydrogen (secondary N) is 1. The number of rotatable bonds is 6. The molecule has 1 N–H and O–H groups in total. The van der Waals surface area contributed by atoms with Gasteiger partial charge in [0.15, 0.2) is 9.84 Å². The van der Waals surface area contributed by atoms with Crippen molar-refractivity contribution < 1.29 is 13.2 Å². The molecule has 112 valence electrons. The van der Waals surface area contributed by atoms with Gasteiger partial charge in [-0.1, -0.05) is 26.0 Å². The zero-order chi connectivity index (χ0) is 14.6. The molecule has 1 aliphatic rings. The summed E-state index contributed by atoms with van der Waals surface area (Å²) in [5.41, 5.74) is 1.30. The van der Waals surface area contributed by atoms with Gasteiger partial charge in [0.2, 0.25) is 0 Å². The maximum atomic E-state index is 11.3. The van der Waals surface area contributed by atoms with Gasteiger partial charge in [-0.3, -0.25) is 0 Å². The number of sulfone groups is 1. The van der Waals surface area contributed by atoms with Crippen LogP contribution in [0.1, 0.15) is 31.7 Å². The molecule has 20 heavy (non-hydrogen) atoms. The van der Waals surface area contributed by atoms with Crippen LogP contribution in [0.15, 0.2) is 24.3 Å². The maximum Gasteiger partial charge on any atom is 0.151 e. The molecule has 1 aromatic rings. The van der Waals surface area contributed by atoms with Crippen molar-refractivity contribution in [2.45, 2.75) is 32.2 Å². The van der Waals surface area contributed by atoms with Crippen LogP contribution in [0.3, 0.4) is 0 Å². The van der Waals surface area contributed by atoms with E-state index in [1.807, 2.05) is 12.1 Å². The fourth-order valence-electron chi connectivity index (χ4n) is 2.34. The molecular formula is C15H23NO3S. The minimum Gasteiger partial charge on any atom is -0.492 e. The number of ether oxygens (including phenoxy) is 1. The number of hydrogen-bond donors (Lipinski definition) is 1. The van der Waals surface area contributed by atoms with Crippen molar-refractivity contribution in [3.63, 3.8) is 0 Å². The Morgan fingerprint density at radius 1 is 1.30 bits per heavy atom. The molecule has 5 heteroatoms. The molecule has 1 saturated heterocycles. The van der Waals surface area contributed by atoms with Crippen LogP contribution in [0.25, 0.3) is 0 Å². The van der Waals surface area contributed by atoms with Gasteiger partial charge in [0.05, 0.1) is 11.5 Å². The first kappa shape index (κ1) is 15.3. The van der Waals surface area contributed by atoms with E-state index < -0.39 is 9.84 Å². The third kappa shape index (κ3) is 4.49. The summed E-state index contributed by atoms with van der Waals surface area (Å²) < 4.78 is 28.3. The highest BCUT2D eigenvalue weighted by atomic mass is 32.2. The summed E-state index contributed by atoms with van der Waals surface area (Å²) in [5, 5.41) is 3.23. The quantitative estimate of drug-likeness (QED) is 0.816. The van der Waals surface area contributed by atoms with E-state index in [9.17, 15) is 8.42 Å². The first-order valence-electron chi connectivity index (χ1n) is 7.13. The largest absolute Gasteiger partial charge is 0.492 e. The third-order valence-electron chi connectivity index (χ3n) is 3.58. The van der Waals surface area contributed by atoms with E-state index in [-0.39, 0.29) is 11.8 Å². The van der Waals surface area contributed by atoms with Gasteiger partial charge in [-0.15, -0.1) is 0 Å². The normalized spacial score (nSPS) is 21.2. The molecule has 0 amide bonds. The summed E-state index contributed by atoms with van der Waals surface area (Å²) in [6.07, 6.45) is 0.714. The van der Waals surface area contributed by atoms with Crippen molar-refractivity contribution in [1.29, 1.82) is 0 Å². The first-order valence-corrected chi connectivity index (χ1v) is 8.95. The zero-order valence-corrected chi connectivity index (χ0v) is 12.9. The summed E-state index contributed by atoms with van der Waals surface area (Å²) >= 11 is 0. The molecular weight excluding hydrogens is 274 g/mol. The summed E-state index contributed by atoms with van der Waals surface area (Å²) in [5.74, 6) is 1.95. The predicted octanol–water partition coefficient (Wildman–Crippen LogP) is 1.97. The Hall–Kier alpha value is -1.07. The van der Waals surface area contributed by atoms with Gasteiger partial charge >= 0.3 is 0 Å². The van der Waals surface area contributed by atoms with Gasteiger partial charge in [-0.2, -0.15) is 0 Å². The Labute approximate surface area is 121 Å². The van der Waals surface area contributed by atoms with E-state index in [2.05, 4.69) is 31.3 Å². The lowest BCUT2D eigenvalue weighted by molar-refractivity contribution is 0.307. The van der Waals surface area contributed by atoms with Gasteiger partial charge in [0, 0.05) is 12.6 Å². The molecule has 1 atom stereocenters. The molecule has 0 radical (unpaired) electrons. The SMILES string of the molecule is CC(C)c1ccc(OCCNC2CCS(=O)(=O)C2)cc1. The third-order valence-corrected chi connectivity index (χ3v) is 5.35. The lowest BCUT2D eigenvalue weighted by atomic mass is 10.0. The van der Waals surface area contributed by atoms with E-state index in [0.29, 0.717) is 31.2 Å². The lowest BCUT2D eigenvalue weighted by Gasteiger charge is -2.12. The second kappa shape index (κ2) is 6.59. The van der Waals surface area contributed by atoms with Crippen molar-refractivity contribution in [2.75, 3.05) is 24.7 Å². The Morgan fingerprint density at radius 2 is 2.00 bits per heavy atom. The molecule has 1 unspecified atom stereocenters. The Bertz CT molecular complexity index is 523. The van der Waals surface area contributed by atoms with Crippen LogP contribution in [0.2, 0.25) is 0 Å². The monoisotopic (exact) mass is 297 g/mol. The average molecular weight is 297 g/mol. The van der Waals surface area contributed by atoms with Gasteiger partial charge in [0.25, 0.3) is 0 Å². The smallest absolute Gasteiger partial charge is 0.151 e. The maximum absolute atomic E-state index is 11.3. The van der Waals surface area contributed by atoms with E-state index in [0.717, 1.165) is 5.75 Å². The molecule has 2 rings (SSSR count). The van der Waals surface area contributed by atoms with Gasteiger partial charge in [-0.05, 0) is 30.0 Å². The molecule has 0 bridgehead atoms. The number of benzene rings is 1. The second-order valence-corrected chi connectivity index (χ2v) is 7.86. The molecule has 0 saturated carbocycles. The minimum absolute atomic E-state index is 0.0897. The van der Waals surface area contributed by atoms with Crippen molar-refractivity contribution in [1.82, 2.24) is 5.32 Å². The Balaban J connectivity index is 1.68. The van der Waals surface area contributed by atoms with Crippen LogP contribution in [-0.4, -0.2) is 39.1 Å². The molecule has 1 fully saturated rings. The topological polar surface area (TPSA) is 55.4 Å². The van der Waals surface area contributed by atoms with E-state index in [1.165, 1.54) is 5.56 Å². The van der Waals surface area contributed by atoms with E-state index in [1.54, 1.807) is 0 Å². The van der Waals surface area contributed by atoms with Crippen molar-refractivity contribution >= 4 is 9.84 Å². The van der Waals surface area contributed by atoms with Crippen LogP contribution in [-0.2, 0) is 9.84 Å². The molecule has 0 aliphatic carbocycles. The minimum atomic E-state index is -2.80. The summed E-state index contributed by atoms with van der Waals surface area (Å²) in [6.45, 7) is 5.55. The zero-order valence-electron chi connectivity index (χ0n) is 12.1. The molecule has 0 spiro atoms. The highest BCUT2D eigenvalue weighted by Crippen LogP contribution is 2.18. The molecule has 1 aromatic carbocycles. The molecule has 1 heterocycles. The summed E-state index contributed by atoms with van der Waals surface area (Å²) in [7, 11) is -2.80. The average Bonchev–Trinajstić information content (AvgIpc) is 2.75.